The third-order valence-corrected chi connectivity index (χ3v) is 4.20. The fraction of sp³-hybridized carbons (Fsp3) is 0.824. The number of nitrogens with zero attached hydrogens (tertiary/aromatic N) is 2. The average molecular weight is 310 g/mol. The summed E-state index contributed by atoms with van der Waals surface area (Å²) in [6.45, 7) is 9.98. The van der Waals surface area contributed by atoms with Crippen molar-refractivity contribution in [1.82, 2.24) is 5.01 Å². The maximum atomic E-state index is 6.09. The quantitative estimate of drug-likeness (QED) is 0.535. The van der Waals surface area contributed by atoms with Crippen LogP contribution in [0.1, 0.15) is 46.0 Å². The molecule has 2 heterocycles. The highest BCUT2D eigenvalue weighted by molar-refractivity contribution is 5.90. The van der Waals surface area contributed by atoms with Crippen molar-refractivity contribution in [3.63, 3.8) is 0 Å². The second kappa shape index (κ2) is 8.09. The van der Waals surface area contributed by atoms with Crippen LogP contribution in [0.25, 0.3) is 0 Å². The Balaban J connectivity index is 2.04. The van der Waals surface area contributed by atoms with Gasteiger partial charge in [-0.1, -0.05) is 6.08 Å². The smallest absolute Gasteiger partial charge is 0.164 e. The van der Waals surface area contributed by atoms with Crippen molar-refractivity contribution in [2.45, 2.75) is 63.9 Å². The summed E-state index contributed by atoms with van der Waals surface area (Å²) in [6, 6.07) is 0.376. The number of unbranched alkanes of at least 4 members (excludes halogenated alkanes) is 1. The van der Waals surface area contributed by atoms with Crippen molar-refractivity contribution < 1.29 is 14.2 Å². The van der Waals surface area contributed by atoms with Crippen LogP contribution in [-0.4, -0.2) is 55.5 Å². The van der Waals surface area contributed by atoms with E-state index >= 15 is 0 Å². The highest BCUT2D eigenvalue weighted by Crippen LogP contribution is 2.26. The highest BCUT2D eigenvalue weighted by Gasteiger charge is 2.35. The van der Waals surface area contributed by atoms with Crippen LogP contribution in [0, 0.1) is 0 Å². The first-order valence-corrected chi connectivity index (χ1v) is 8.31. The van der Waals surface area contributed by atoms with Crippen LogP contribution in [0.3, 0.4) is 0 Å². The summed E-state index contributed by atoms with van der Waals surface area (Å²) in [5.41, 5.74) is 1.01. The first-order chi connectivity index (χ1) is 10.6. The Hall–Kier alpha value is -0.910. The highest BCUT2D eigenvalue weighted by atomic mass is 16.7. The number of allylic oxidation sites excluding steroid dienone is 1. The van der Waals surface area contributed by atoms with Gasteiger partial charge in [0.1, 0.15) is 6.10 Å². The number of ether oxygens (including phenoxy) is 3. The number of hydrazone groups is 1. The summed E-state index contributed by atoms with van der Waals surface area (Å²) in [7, 11) is 1.75. The van der Waals surface area contributed by atoms with Crippen LogP contribution >= 0.6 is 0 Å². The maximum Gasteiger partial charge on any atom is 0.164 e. The topological polar surface area (TPSA) is 43.3 Å². The van der Waals surface area contributed by atoms with Crippen LogP contribution in [0.5, 0.6) is 0 Å². The van der Waals surface area contributed by atoms with E-state index in [1.807, 2.05) is 19.9 Å². The molecule has 5 heteroatoms. The van der Waals surface area contributed by atoms with Gasteiger partial charge in [-0.25, -0.2) is 0 Å². The normalized spacial score (nSPS) is 30.0. The molecule has 2 fully saturated rings. The van der Waals surface area contributed by atoms with Gasteiger partial charge in [0.25, 0.3) is 0 Å². The van der Waals surface area contributed by atoms with Gasteiger partial charge >= 0.3 is 0 Å². The van der Waals surface area contributed by atoms with Gasteiger partial charge in [-0.3, -0.25) is 5.01 Å². The second-order valence-electron chi connectivity index (χ2n) is 6.52. The van der Waals surface area contributed by atoms with Gasteiger partial charge in [-0.2, -0.15) is 5.10 Å². The average Bonchev–Trinajstić information content (AvgIpc) is 2.89. The zero-order chi connectivity index (χ0) is 16.0. The monoisotopic (exact) mass is 310 g/mol. The minimum Gasteiger partial charge on any atom is -0.382 e. The van der Waals surface area contributed by atoms with Crippen LogP contribution in [0.2, 0.25) is 0 Å². The summed E-state index contributed by atoms with van der Waals surface area (Å²) in [5.74, 6) is -0.533. The Bertz CT molecular complexity index is 395. The lowest BCUT2D eigenvalue weighted by Gasteiger charge is -2.37. The molecule has 22 heavy (non-hydrogen) atoms. The molecule has 2 rings (SSSR count). The van der Waals surface area contributed by atoms with E-state index in [9.17, 15) is 0 Å². The summed E-state index contributed by atoms with van der Waals surface area (Å²) in [6.07, 6.45) is 7.32. The number of rotatable bonds is 7. The van der Waals surface area contributed by atoms with Crippen molar-refractivity contribution in [2.24, 2.45) is 5.10 Å². The van der Waals surface area contributed by atoms with Crippen LogP contribution in [0.15, 0.2) is 17.8 Å². The van der Waals surface area contributed by atoms with Gasteiger partial charge in [-0.15, -0.1) is 6.58 Å². The lowest BCUT2D eigenvalue weighted by atomic mass is 10.1. The Kier molecular flexibility index (Phi) is 6.41. The molecule has 0 saturated carbocycles. The number of methoxy groups -OCH3 is 1. The minimum atomic E-state index is -0.533. The van der Waals surface area contributed by atoms with E-state index in [1.165, 1.54) is 6.42 Å². The molecule has 0 aromatic heterocycles. The SMILES string of the molecule is C=CCCCC1OC(C)(C)OC/C1=N\N1CCC[C@H]1COC. The lowest BCUT2D eigenvalue weighted by molar-refractivity contribution is -0.236. The van der Waals surface area contributed by atoms with Crippen molar-refractivity contribution >= 4 is 5.71 Å². The van der Waals surface area contributed by atoms with Crippen molar-refractivity contribution in [3.05, 3.63) is 12.7 Å². The van der Waals surface area contributed by atoms with Crippen molar-refractivity contribution in [1.29, 1.82) is 0 Å². The van der Waals surface area contributed by atoms with E-state index in [2.05, 4.69) is 11.6 Å². The molecule has 5 nitrogen and oxygen atoms in total. The Labute approximate surface area is 134 Å². The molecular formula is C17H30N2O3. The molecule has 0 radical (unpaired) electrons. The molecule has 0 aromatic carbocycles. The van der Waals surface area contributed by atoms with E-state index < -0.39 is 5.79 Å². The largest absolute Gasteiger partial charge is 0.382 e. The Morgan fingerprint density at radius 2 is 2.32 bits per heavy atom. The zero-order valence-corrected chi connectivity index (χ0v) is 14.2. The lowest BCUT2D eigenvalue weighted by Crippen LogP contribution is -2.47. The predicted octanol–water partition coefficient (Wildman–Crippen LogP) is 2.96. The molecule has 2 aliphatic heterocycles. The molecule has 2 atom stereocenters. The van der Waals surface area contributed by atoms with Crippen LogP contribution in [-0.2, 0) is 14.2 Å². The summed E-state index contributed by atoms with van der Waals surface area (Å²) < 4.78 is 17.2. The van der Waals surface area contributed by atoms with Crippen LogP contribution in [0.4, 0.5) is 0 Å². The van der Waals surface area contributed by atoms with E-state index in [-0.39, 0.29) is 6.10 Å². The van der Waals surface area contributed by atoms with Gasteiger partial charge in [0.05, 0.1) is 25.0 Å². The molecule has 0 aromatic rings. The fourth-order valence-corrected chi connectivity index (χ4v) is 3.03. The molecule has 2 saturated heterocycles. The molecule has 0 aliphatic carbocycles. The molecular weight excluding hydrogens is 280 g/mol. The number of hydrogen-bond donors (Lipinski definition) is 0. The van der Waals surface area contributed by atoms with Gasteiger partial charge in [0.15, 0.2) is 5.79 Å². The molecule has 1 unspecified atom stereocenters. The molecule has 0 N–H and O–H groups in total. The van der Waals surface area contributed by atoms with Crippen molar-refractivity contribution in [3.8, 4) is 0 Å². The van der Waals surface area contributed by atoms with E-state index in [0.29, 0.717) is 12.6 Å². The molecule has 0 amide bonds. The van der Waals surface area contributed by atoms with Crippen molar-refractivity contribution in [2.75, 3.05) is 26.9 Å². The van der Waals surface area contributed by atoms with Gasteiger partial charge in [-0.05, 0) is 46.0 Å². The first kappa shape index (κ1) is 17.4. The van der Waals surface area contributed by atoms with E-state index in [4.69, 9.17) is 19.3 Å². The van der Waals surface area contributed by atoms with Gasteiger partial charge < -0.3 is 14.2 Å². The van der Waals surface area contributed by atoms with Crippen LogP contribution < -0.4 is 0 Å². The molecule has 0 spiro atoms. The third kappa shape index (κ3) is 4.80. The van der Waals surface area contributed by atoms with Gasteiger partial charge in [0.2, 0.25) is 0 Å². The molecule has 126 valence electrons. The number of hydrogen-bond acceptors (Lipinski definition) is 5. The molecule has 2 aliphatic rings. The third-order valence-electron chi connectivity index (χ3n) is 4.20. The summed E-state index contributed by atoms with van der Waals surface area (Å²) in [4.78, 5) is 0. The summed E-state index contributed by atoms with van der Waals surface area (Å²) >= 11 is 0. The van der Waals surface area contributed by atoms with Gasteiger partial charge in [0, 0.05) is 13.7 Å². The Morgan fingerprint density at radius 1 is 1.50 bits per heavy atom. The van der Waals surface area contributed by atoms with E-state index in [0.717, 1.165) is 44.5 Å². The first-order valence-electron chi connectivity index (χ1n) is 8.31. The predicted molar refractivity (Wildman–Crippen MR) is 88.0 cm³/mol. The minimum absolute atomic E-state index is 0.0347. The second-order valence-corrected chi connectivity index (χ2v) is 6.52. The Morgan fingerprint density at radius 3 is 3.05 bits per heavy atom. The van der Waals surface area contributed by atoms with E-state index in [1.54, 1.807) is 7.11 Å². The maximum absolute atomic E-state index is 6.09. The standard InChI is InChI=1S/C17H30N2O3/c1-5-6-7-10-16-15(13-21-17(2,3)22-16)18-19-11-8-9-14(19)12-20-4/h5,14,16H,1,6-13H2,2-4H3/b18-15+/t14-,16?/m0/s1. The zero-order valence-electron chi connectivity index (χ0n) is 14.2. The fourth-order valence-electron chi connectivity index (χ4n) is 3.03. The molecule has 0 bridgehead atoms. The summed E-state index contributed by atoms with van der Waals surface area (Å²) in [5, 5.41) is 7.01.